The molecular formula is C10H20O2. The van der Waals surface area contributed by atoms with Gasteiger partial charge in [0.05, 0.1) is 18.3 Å². The summed E-state index contributed by atoms with van der Waals surface area (Å²) in [6.07, 6.45) is 0.962. The molecule has 1 aliphatic heterocycles. The van der Waals surface area contributed by atoms with Crippen LogP contribution in [-0.2, 0) is 4.74 Å². The fraction of sp³-hybridized carbons (Fsp3) is 1.00. The quantitative estimate of drug-likeness (QED) is 0.653. The van der Waals surface area contributed by atoms with Crippen molar-refractivity contribution >= 4 is 0 Å². The van der Waals surface area contributed by atoms with Gasteiger partial charge in [-0.25, -0.2) is 0 Å². The van der Waals surface area contributed by atoms with Gasteiger partial charge in [-0.15, -0.1) is 0 Å². The number of hydrogen-bond acceptors (Lipinski definition) is 2. The van der Waals surface area contributed by atoms with E-state index in [9.17, 15) is 5.11 Å². The van der Waals surface area contributed by atoms with Crippen molar-refractivity contribution in [1.29, 1.82) is 0 Å². The smallest absolute Gasteiger partial charge is 0.0837 e. The maximum absolute atomic E-state index is 9.80. The first-order chi connectivity index (χ1) is 5.57. The fourth-order valence-electron chi connectivity index (χ4n) is 1.89. The van der Waals surface area contributed by atoms with E-state index >= 15 is 0 Å². The topological polar surface area (TPSA) is 29.5 Å². The minimum absolute atomic E-state index is 0.0474. The van der Waals surface area contributed by atoms with Crippen LogP contribution in [0.5, 0.6) is 0 Å². The van der Waals surface area contributed by atoms with Crippen LogP contribution in [0.4, 0.5) is 0 Å². The molecule has 1 rings (SSSR count). The molecule has 1 aliphatic rings. The molecule has 72 valence electrons. The van der Waals surface area contributed by atoms with Gasteiger partial charge in [-0.2, -0.15) is 0 Å². The monoisotopic (exact) mass is 172 g/mol. The van der Waals surface area contributed by atoms with Crippen LogP contribution in [0.1, 0.15) is 34.1 Å². The van der Waals surface area contributed by atoms with E-state index in [4.69, 9.17) is 4.74 Å². The lowest BCUT2D eigenvalue weighted by atomic mass is 9.81. The third-order valence-electron chi connectivity index (χ3n) is 3.28. The highest BCUT2D eigenvalue weighted by Crippen LogP contribution is 2.31. The Morgan fingerprint density at radius 1 is 1.17 bits per heavy atom. The Labute approximate surface area is 74.9 Å². The Morgan fingerprint density at radius 2 is 1.75 bits per heavy atom. The molecule has 2 heteroatoms. The van der Waals surface area contributed by atoms with E-state index < -0.39 is 0 Å². The SMILES string of the molecule is CCC1O[C@@H](C)C(C)[C@@H](C)[C@H]1O. The Morgan fingerprint density at radius 3 is 2.25 bits per heavy atom. The average Bonchev–Trinajstić information content (AvgIpc) is 2.08. The second-order valence-corrected chi connectivity index (χ2v) is 4.00. The number of ether oxygens (including phenoxy) is 1. The van der Waals surface area contributed by atoms with Crippen LogP contribution in [0, 0.1) is 11.8 Å². The van der Waals surface area contributed by atoms with Crippen molar-refractivity contribution < 1.29 is 9.84 Å². The van der Waals surface area contributed by atoms with E-state index in [-0.39, 0.29) is 18.3 Å². The highest BCUT2D eigenvalue weighted by atomic mass is 16.5. The zero-order valence-corrected chi connectivity index (χ0v) is 8.45. The van der Waals surface area contributed by atoms with Crippen LogP contribution in [0.15, 0.2) is 0 Å². The van der Waals surface area contributed by atoms with E-state index in [0.29, 0.717) is 11.8 Å². The van der Waals surface area contributed by atoms with E-state index in [1.54, 1.807) is 0 Å². The van der Waals surface area contributed by atoms with Crippen molar-refractivity contribution in [2.24, 2.45) is 11.8 Å². The van der Waals surface area contributed by atoms with Gasteiger partial charge in [0.2, 0.25) is 0 Å². The summed E-state index contributed by atoms with van der Waals surface area (Å²) in [5, 5.41) is 9.80. The first-order valence-electron chi connectivity index (χ1n) is 4.91. The predicted molar refractivity (Wildman–Crippen MR) is 49.0 cm³/mol. The molecule has 1 N–H and O–H groups in total. The fourth-order valence-corrected chi connectivity index (χ4v) is 1.89. The summed E-state index contributed by atoms with van der Waals surface area (Å²) in [5.41, 5.74) is 0. The van der Waals surface area contributed by atoms with Gasteiger partial charge in [-0.05, 0) is 25.2 Å². The highest BCUT2D eigenvalue weighted by molar-refractivity contribution is 4.85. The van der Waals surface area contributed by atoms with Crippen molar-refractivity contribution in [2.75, 3.05) is 0 Å². The molecule has 1 saturated heterocycles. The second kappa shape index (κ2) is 3.75. The first-order valence-corrected chi connectivity index (χ1v) is 4.91. The molecule has 5 atom stereocenters. The Kier molecular flexibility index (Phi) is 3.13. The van der Waals surface area contributed by atoms with Gasteiger partial charge in [-0.3, -0.25) is 0 Å². The van der Waals surface area contributed by atoms with Crippen molar-refractivity contribution in [3.63, 3.8) is 0 Å². The normalized spacial score (nSPS) is 49.2. The Bertz CT molecular complexity index is 142. The molecule has 0 aromatic rings. The molecular weight excluding hydrogens is 152 g/mol. The lowest BCUT2D eigenvalue weighted by Crippen LogP contribution is -2.47. The van der Waals surface area contributed by atoms with E-state index in [2.05, 4.69) is 27.7 Å². The molecule has 0 saturated carbocycles. The molecule has 12 heavy (non-hydrogen) atoms. The van der Waals surface area contributed by atoms with Crippen LogP contribution < -0.4 is 0 Å². The average molecular weight is 172 g/mol. The summed E-state index contributed by atoms with van der Waals surface area (Å²) in [5.74, 6) is 0.821. The van der Waals surface area contributed by atoms with Crippen LogP contribution in [-0.4, -0.2) is 23.4 Å². The maximum Gasteiger partial charge on any atom is 0.0837 e. The molecule has 1 fully saturated rings. The van der Waals surface area contributed by atoms with Gasteiger partial charge >= 0.3 is 0 Å². The second-order valence-electron chi connectivity index (χ2n) is 4.00. The third kappa shape index (κ3) is 1.64. The summed E-state index contributed by atoms with van der Waals surface area (Å²) in [4.78, 5) is 0. The first kappa shape index (κ1) is 10.0. The van der Waals surface area contributed by atoms with Crippen LogP contribution in [0.3, 0.4) is 0 Å². The van der Waals surface area contributed by atoms with E-state index in [1.165, 1.54) is 0 Å². The Balaban J connectivity index is 2.63. The molecule has 1 heterocycles. The highest BCUT2D eigenvalue weighted by Gasteiger charge is 2.37. The third-order valence-corrected chi connectivity index (χ3v) is 3.28. The zero-order valence-electron chi connectivity index (χ0n) is 8.45. The van der Waals surface area contributed by atoms with Gasteiger partial charge in [0.15, 0.2) is 0 Å². The summed E-state index contributed by atoms with van der Waals surface area (Å²) in [7, 11) is 0. The summed E-state index contributed by atoms with van der Waals surface area (Å²) in [6, 6.07) is 0. The molecule has 0 aliphatic carbocycles. The molecule has 0 aromatic carbocycles. The van der Waals surface area contributed by atoms with E-state index in [1.807, 2.05) is 0 Å². The van der Waals surface area contributed by atoms with Crippen LogP contribution >= 0.6 is 0 Å². The van der Waals surface area contributed by atoms with Crippen LogP contribution in [0.25, 0.3) is 0 Å². The summed E-state index contributed by atoms with van der Waals surface area (Å²) < 4.78 is 5.68. The molecule has 0 radical (unpaired) electrons. The number of rotatable bonds is 1. The summed E-state index contributed by atoms with van der Waals surface area (Å²) >= 11 is 0. The van der Waals surface area contributed by atoms with Crippen molar-refractivity contribution in [2.45, 2.75) is 52.4 Å². The molecule has 0 bridgehead atoms. The predicted octanol–water partition coefficient (Wildman–Crippen LogP) is 1.82. The molecule has 2 unspecified atom stereocenters. The summed E-state index contributed by atoms with van der Waals surface area (Å²) in [6.45, 7) is 8.40. The van der Waals surface area contributed by atoms with Gasteiger partial charge < -0.3 is 9.84 Å². The standard InChI is InChI=1S/C10H20O2/c1-5-9-10(11)7(3)6(2)8(4)12-9/h6-11H,5H2,1-4H3/t6?,7-,8+,9?,10-/m1/s1. The lowest BCUT2D eigenvalue weighted by molar-refractivity contribution is -0.162. The zero-order chi connectivity index (χ0) is 9.30. The van der Waals surface area contributed by atoms with Crippen molar-refractivity contribution in [3.8, 4) is 0 Å². The maximum atomic E-state index is 9.80. The van der Waals surface area contributed by atoms with Gasteiger partial charge in [0, 0.05) is 0 Å². The Hall–Kier alpha value is -0.0800. The number of hydrogen-bond donors (Lipinski definition) is 1. The van der Waals surface area contributed by atoms with Gasteiger partial charge in [0.1, 0.15) is 0 Å². The van der Waals surface area contributed by atoms with E-state index in [0.717, 1.165) is 6.42 Å². The van der Waals surface area contributed by atoms with Crippen molar-refractivity contribution in [1.82, 2.24) is 0 Å². The minimum Gasteiger partial charge on any atom is -0.390 e. The lowest BCUT2D eigenvalue weighted by Gasteiger charge is -2.41. The largest absolute Gasteiger partial charge is 0.390 e. The minimum atomic E-state index is -0.277. The van der Waals surface area contributed by atoms with Gasteiger partial charge in [-0.1, -0.05) is 20.8 Å². The van der Waals surface area contributed by atoms with Gasteiger partial charge in [0.25, 0.3) is 0 Å². The number of aliphatic hydroxyl groups excluding tert-OH is 1. The van der Waals surface area contributed by atoms with Crippen molar-refractivity contribution in [3.05, 3.63) is 0 Å². The molecule has 0 aromatic heterocycles. The molecule has 0 spiro atoms. The molecule has 2 nitrogen and oxygen atoms in total. The molecule has 0 amide bonds. The number of aliphatic hydroxyl groups is 1. The van der Waals surface area contributed by atoms with Crippen LogP contribution in [0.2, 0.25) is 0 Å².